The standard InChI is InChI=1S/C27H38N6O4/c1-7-9-20-22-23(32(6)31-20)25(34)30-24(29-22)19-16-18(10-11-21(19)36-8-2)28-17-12-14-33(15-13-17)26(35)37-27(3,4)5/h10-11,16-17,28H,7-9,12-15H2,1-6H3,(H,29,30,34). The van der Waals surface area contributed by atoms with E-state index in [1.165, 1.54) is 0 Å². The Morgan fingerprint density at radius 1 is 1.22 bits per heavy atom. The summed E-state index contributed by atoms with van der Waals surface area (Å²) < 4.78 is 13.0. The van der Waals surface area contributed by atoms with Gasteiger partial charge in [0.15, 0.2) is 5.52 Å². The van der Waals surface area contributed by atoms with Gasteiger partial charge in [-0.3, -0.25) is 9.48 Å². The summed E-state index contributed by atoms with van der Waals surface area (Å²) in [6.45, 7) is 11.4. The zero-order chi connectivity index (χ0) is 26.7. The van der Waals surface area contributed by atoms with Crippen molar-refractivity contribution in [2.24, 2.45) is 7.05 Å². The Labute approximate surface area is 217 Å². The molecule has 0 atom stereocenters. The lowest BCUT2D eigenvalue weighted by atomic mass is 10.0. The number of anilines is 1. The van der Waals surface area contributed by atoms with E-state index in [2.05, 4.69) is 22.3 Å². The lowest BCUT2D eigenvalue weighted by Gasteiger charge is -2.34. The van der Waals surface area contributed by atoms with Crippen LogP contribution in [0.2, 0.25) is 0 Å². The van der Waals surface area contributed by atoms with Crippen molar-refractivity contribution >= 4 is 22.8 Å². The van der Waals surface area contributed by atoms with Crippen LogP contribution in [0.15, 0.2) is 23.0 Å². The van der Waals surface area contributed by atoms with E-state index >= 15 is 0 Å². The van der Waals surface area contributed by atoms with Gasteiger partial charge in [0.2, 0.25) is 0 Å². The van der Waals surface area contributed by atoms with Gasteiger partial charge in [0, 0.05) is 31.9 Å². The number of piperidine rings is 1. The summed E-state index contributed by atoms with van der Waals surface area (Å²) in [5.74, 6) is 1.10. The summed E-state index contributed by atoms with van der Waals surface area (Å²) >= 11 is 0. The number of H-pyrrole nitrogens is 1. The molecule has 2 aromatic heterocycles. The normalized spacial score (nSPS) is 14.7. The number of hydrogen-bond acceptors (Lipinski definition) is 7. The summed E-state index contributed by atoms with van der Waals surface area (Å²) in [6, 6.07) is 6.04. The van der Waals surface area contributed by atoms with Crippen molar-refractivity contribution in [2.45, 2.75) is 71.9 Å². The van der Waals surface area contributed by atoms with Crippen molar-refractivity contribution in [1.82, 2.24) is 24.6 Å². The van der Waals surface area contributed by atoms with Crippen LogP contribution in [-0.2, 0) is 18.2 Å². The molecular weight excluding hydrogens is 472 g/mol. The molecule has 0 bridgehead atoms. The number of amides is 1. The molecule has 1 aromatic carbocycles. The minimum Gasteiger partial charge on any atom is -0.493 e. The Morgan fingerprint density at radius 2 is 1.95 bits per heavy atom. The highest BCUT2D eigenvalue weighted by Gasteiger charge is 2.27. The van der Waals surface area contributed by atoms with E-state index in [0.29, 0.717) is 47.9 Å². The maximum Gasteiger partial charge on any atom is 0.410 e. The van der Waals surface area contributed by atoms with Crippen LogP contribution in [-0.4, -0.2) is 62.1 Å². The van der Waals surface area contributed by atoms with E-state index in [9.17, 15) is 9.59 Å². The molecule has 0 saturated carbocycles. The fraction of sp³-hybridized carbons (Fsp3) is 0.556. The Morgan fingerprint density at radius 3 is 2.59 bits per heavy atom. The monoisotopic (exact) mass is 510 g/mol. The second kappa shape index (κ2) is 10.8. The molecule has 2 N–H and O–H groups in total. The van der Waals surface area contributed by atoms with E-state index in [4.69, 9.17) is 14.5 Å². The van der Waals surface area contributed by atoms with Crippen molar-refractivity contribution < 1.29 is 14.3 Å². The number of nitrogens with zero attached hydrogens (tertiary/aromatic N) is 4. The first-order valence-electron chi connectivity index (χ1n) is 13.1. The van der Waals surface area contributed by atoms with Crippen molar-refractivity contribution in [1.29, 1.82) is 0 Å². The zero-order valence-corrected chi connectivity index (χ0v) is 22.7. The number of nitrogens with one attached hydrogen (secondary N) is 2. The van der Waals surface area contributed by atoms with Gasteiger partial charge in [0.05, 0.1) is 17.9 Å². The van der Waals surface area contributed by atoms with E-state index in [0.717, 1.165) is 37.1 Å². The molecular formula is C27H38N6O4. The van der Waals surface area contributed by atoms with Crippen molar-refractivity contribution in [3.63, 3.8) is 0 Å². The minimum absolute atomic E-state index is 0.202. The molecule has 3 heterocycles. The predicted octanol–water partition coefficient (Wildman–Crippen LogP) is 4.49. The number of rotatable bonds is 7. The van der Waals surface area contributed by atoms with Crippen LogP contribution in [0, 0.1) is 0 Å². The molecule has 0 aliphatic carbocycles. The summed E-state index contributed by atoms with van der Waals surface area (Å²) in [6.07, 6.45) is 3.00. The number of aryl methyl sites for hydroxylation is 2. The van der Waals surface area contributed by atoms with E-state index in [1.54, 1.807) is 16.6 Å². The average Bonchev–Trinajstić information content (AvgIpc) is 3.15. The van der Waals surface area contributed by atoms with Crippen LogP contribution in [0.4, 0.5) is 10.5 Å². The van der Waals surface area contributed by atoms with Gasteiger partial charge in [-0.05, 0) is 65.2 Å². The van der Waals surface area contributed by atoms with E-state index in [1.807, 2.05) is 45.9 Å². The first kappa shape index (κ1) is 26.5. The molecule has 0 spiro atoms. The van der Waals surface area contributed by atoms with Gasteiger partial charge in [0.1, 0.15) is 22.7 Å². The molecule has 1 amide bonds. The number of hydrogen-bond donors (Lipinski definition) is 2. The van der Waals surface area contributed by atoms with Crippen molar-refractivity contribution in [3.8, 4) is 17.1 Å². The quantitative estimate of drug-likeness (QED) is 0.481. The summed E-state index contributed by atoms with van der Waals surface area (Å²) in [4.78, 5) is 34.9. The molecule has 10 heteroatoms. The molecule has 0 radical (unpaired) electrons. The molecule has 3 aromatic rings. The predicted molar refractivity (Wildman–Crippen MR) is 144 cm³/mol. The van der Waals surface area contributed by atoms with Crippen LogP contribution >= 0.6 is 0 Å². The zero-order valence-electron chi connectivity index (χ0n) is 22.7. The molecule has 10 nitrogen and oxygen atoms in total. The number of aromatic nitrogens is 4. The number of fused-ring (bicyclic) bond motifs is 1. The number of carbonyl (C=O) groups is 1. The van der Waals surface area contributed by atoms with Crippen molar-refractivity contribution in [3.05, 3.63) is 34.2 Å². The topological polar surface area (TPSA) is 114 Å². The highest BCUT2D eigenvalue weighted by molar-refractivity contribution is 5.80. The summed E-state index contributed by atoms with van der Waals surface area (Å²) in [5.41, 5.74) is 2.79. The van der Waals surface area contributed by atoms with Gasteiger partial charge < -0.3 is 24.7 Å². The number of carbonyl (C=O) groups excluding carboxylic acids is 1. The summed E-state index contributed by atoms with van der Waals surface area (Å²) in [7, 11) is 1.77. The second-order valence-electron chi connectivity index (χ2n) is 10.5. The third-order valence-electron chi connectivity index (χ3n) is 6.30. The van der Waals surface area contributed by atoms with Gasteiger partial charge in [-0.25, -0.2) is 9.78 Å². The number of benzene rings is 1. The third kappa shape index (κ3) is 6.06. The van der Waals surface area contributed by atoms with Gasteiger partial charge in [0.25, 0.3) is 5.56 Å². The number of aromatic amines is 1. The van der Waals surface area contributed by atoms with E-state index in [-0.39, 0.29) is 17.7 Å². The maximum absolute atomic E-state index is 13.0. The Hall–Kier alpha value is -3.56. The molecule has 1 aliphatic rings. The summed E-state index contributed by atoms with van der Waals surface area (Å²) in [5, 5.41) is 8.11. The molecule has 37 heavy (non-hydrogen) atoms. The molecule has 1 saturated heterocycles. The van der Waals surface area contributed by atoms with Crippen LogP contribution < -0.4 is 15.6 Å². The maximum atomic E-state index is 13.0. The number of ether oxygens (including phenoxy) is 2. The lowest BCUT2D eigenvalue weighted by molar-refractivity contribution is 0.0210. The first-order valence-corrected chi connectivity index (χ1v) is 13.1. The fourth-order valence-corrected chi connectivity index (χ4v) is 4.63. The van der Waals surface area contributed by atoms with Gasteiger partial charge in [-0.2, -0.15) is 5.10 Å². The Bertz CT molecular complexity index is 1310. The Kier molecular flexibility index (Phi) is 7.75. The van der Waals surface area contributed by atoms with E-state index < -0.39 is 5.60 Å². The van der Waals surface area contributed by atoms with Crippen LogP contribution in [0.5, 0.6) is 5.75 Å². The highest BCUT2D eigenvalue weighted by Crippen LogP contribution is 2.32. The first-order chi connectivity index (χ1) is 17.6. The van der Waals surface area contributed by atoms with Crippen LogP contribution in [0.1, 0.15) is 59.6 Å². The average molecular weight is 511 g/mol. The molecule has 4 rings (SSSR count). The highest BCUT2D eigenvalue weighted by atomic mass is 16.6. The third-order valence-corrected chi connectivity index (χ3v) is 6.30. The van der Waals surface area contributed by atoms with Crippen LogP contribution in [0.3, 0.4) is 0 Å². The lowest BCUT2D eigenvalue weighted by Crippen LogP contribution is -2.44. The van der Waals surface area contributed by atoms with Crippen molar-refractivity contribution in [2.75, 3.05) is 25.0 Å². The van der Waals surface area contributed by atoms with Crippen LogP contribution in [0.25, 0.3) is 22.4 Å². The molecule has 0 unspecified atom stereocenters. The Balaban J connectivity index is 1.57. The van der Waals surface area contributed by atoms with Gasteiger partial charge in [-0.15, -0.1) is 0 Å². The van der Waals surface area contributed by atoms with Gasteiger partial charge in [-0.1, -0.05) is 13.3 Å². The largest absolute Gasteiger partial charge is 0.493 e. The molecule has 200 valence electrons. The minimum atomic E-state index is -0.504. The number of likely N-dealkylation sites (tertiary alicyclic amines) is 1. The smallest absolute Gasteiger partial charge is 0.410 e. The molecule has 1 fully saturated rings. The second-order valence-corrected chi connectivity index (χ2v) is 10.5. The fourth-order valence-electron chi connectivity index (χ4n) is 4.63. The molecule has 1 aliphatic heterocycles. The van der Waals surface area contributed by atoms with Gasteiger partial charge >= 0.3 is 6.09 Å². The SMILES string of the molecule is CCCc1nn(C)c2c(=O)[nH]c(-c3cc(NC4CCN(C(=O)OC(C)(C)C)CC4)ccc3OCC)nc12.